The Balaban J connectivity index is 1.58. The van der Waals surface area contributed by atoms with Gasteiger partial charge >= 0.3 is 0 Å². The smallest absolute Gasteiger partial charge is 0.237 e. The summed E-state index contributed by atoms with van der Waals surface area (Å²) in [7, 11) is 0. The van der Waals surface area contributed by atoms with Gasteiger partial charge in [-0.3, -0.25) is 14.5 Å². The topological polar surface area (TPSA) is 53.1 Å². The maximum atomic E-state index is 13.0. The van der Waals surface area contributed by atoms with E-state index < -0.39 is 0 Å². The molecule has 0 radical (unpaired) electrons. The maximum absolute atomic E-state index is 13.0. The molecule has 1 aromatic rings. The van der Waals surface area contributed by atoms with Crippen LogP contribution in [0.2, 0.25) is 0 Å². The van der Waals surface area contributed by atoms with Crippen molar-refractivity contribution in [2.45, 2.75) is 58.7 Å². The molecule has 2 amide bonds. The number of piperazine rings is 1. The van der Waals surface area contributed by atoms with Crippen molar-refractivity contribution in [3.63, 3.8) is 0 Å². The molecule has 0 unspecified atom stereocenters. The summed E-state index contributed by atoms with van der Waals surface area (Å²) in [5.74, 6) is 1.27. The van der Waals surface area contributed by atoms with Crippen molar-refractivity contribution in [1.82, 2.24) is 14.7 Å². The minimum absolute atomic E-state index is 0.0299. The van der Waals surface area contributed by atoms with Crippen molar-refractivity contribution in [1.29, 1.82) is 0 Å². The van der Waals surface area contributed by atoms with E-state index in [4.69, 9.17) is 4.74 Å². The third kappa shape index (κ3) is 4.66. The van der Waals surface area contributed by atoms with E-state index in [-0.39, 0.29) is 23.9 Å². The standard InChI is InChI=1S/C22H33N3O3/c1-4-5-10-21(26)24-11-12-25(18(3)17(24)2)22(27)16-23-13-14-28-20-9-7-6-8-19(20)15-23/h6-9,17-18H,4-5,10-16H2,1-3H3/t17-,18-/m1/s1. The lowest BCUT2D eigenvalue weighted by Gasteiger charge is -2.45. The fraction of sp³-hybridized carbons (Fsp3) is 0.636. The third-order valence-electron chi connectivity index (χ3n) is 6.04. The van der Waals surface area contributed by atoms with Crippen LogP contribution in [-0.2, 0) is 16.1 Å². The Morgan fingerprint density at radius 1 is 1.04 bits per heavy atom. The highest BCUT2D eigenvalue weighted by Crippen LogP contribution is 2.23. The van der Waals surface area contributed by atoms with E-state index in [2.05, 4.69) is 31.7 Å². The van der Waals surface area contributed by atoms with Gasteiger partial charge in [0.25, 0.3) is 0 Å². The molecule has 0 bridgehead atoms. The quantitative estimate of drug-likeness (QED) is 0.779. The number of nitrogens with zero attached hydrogens (tertiary/aromatic N) is 3. The molecule has 1 aromatic carbocycles. The highest BCUT2D eigenvalue weighted by molar-refractivity contribution is 5.80. The monoisotopic (exact) mass is 387 g/mol. The van der Waals surface area contributed by atoms with Crippen LogP contribution in [0.5, 0.6) is 5.75 Å². The number of rotatable bonds is 5. The lowest BCUT2D eigenvalue weighted by atomic mass is 10.0. The zero-order valence-electron chi connectivity index (χ0n) is 17.4. The van der Waals surface area contributed by atoms with Gasteiger partial charge in [-0.2, -0.15) is 0 Å². The van der Waals surface area contributed by atoms with Crippen LogP contribution in [0.25, 0.3) is 0 Å². The number of fused-ring (bicyclic) bond motifs is 1. The molecule has 1 saturated heterocycles. The Labute approximate surface area is 168 Å². The predicted octanol–water partition coefficient (Wildman–Crippen LogP) is 2.52. The lowest BCUT2D eigenvalue weighted by Crippen LogP contribution is -2.61. The second-order valence-electron chi connectivity index (χ2n) is 7.93. The first-order chi connectivity index (χ1) is 13.5. The van der Waals surface area contributed by atoms with Crippen LogP contribution < -0.4 is 4.74 Å². The second kappa shape index (κ2) is 9.41. The van der Waals surface area contributed by atoms with Crippen molar-refractivity contribution < 1.29 is 14.3 Å². The normalized spacial score (nSPS) is 23.0. The fourth-order valence-corrected chi connectivity index (χ4v) is 4.12. The molecule has 2 heterocycles. The van der Waals surface area contributed by atoms with E-state index in [1.807, 2.05) is 28.0 Å². The number of hydrogen-bond donors (Lipinski definition) is 0. The van der Waals surface area contributed by atoms with Gasteiger partial charge in [-0.05, 0) is 26.3 Å². The first kappa shape index (κ1) is 20.6. The number of para-hydroxylation sites is 1. The number of ether oxygens (including phenoxy) is 1. The summed E-state index contributed by atoms with van der Waals surface area (Å²) < 4.78 is 5.81. The van der Waals surface area contributed by atoms with Gasteiger partial charge in [-0.25, -0.2) is 0 Å². The summed E-state index contributed by atoms with van der Waals surface area (Å²) in [6.07, 6.45) is 2.56. The van der Waals surface area contributed by atoms with Gasteiger partial charge in [0.15, 0.2) is 0 Å². The molecule has 154 valence electrons. The van der Waals surface area contributed by atoms with Crippen LogP contribution in [-0.4, -0.2) is 71.4 Å². The molecule has 2 aliphatic heterocycles. The molecule has 2 aliphatic rings. The van der Waals surface area contributed by atoms with Crippen molar-refractivity contribution in [2.75, 3.05) is 32.8 Å². The third-order valence-corrected chi connectivity index (χ3v) is 6.04. The molecule has 6 heteroatoms. The first-order valence-electron chi connectivity index (χ1n) is 10.5. The summed E-state index contributed by atoms with van der Waals surface area (Å²) in [5.41, 5.74) is 1.13. The number of carbonyl (C=O) groups excluding carboxylic acids is 2. The van der Waals surface area contributed by atoms with Crippen molar-refractivity contribution >= 4 is 11.8 Å². The molecule has 0 saturated carbocycles. The molecule has 6 nitrogen and oxygen atoms in total. The average molecular weight is 388 g/mol. The molecular weight excluding hydrogens is 354 g/mol. The molecule has 0 aliphatic carbocycles. The number of carbonyl (C=O) groups is 2. The molecule has 0 aromatic heterocycles. The van der Waals surface area contributed by atoms with Crippen molar-refractivity contribution in [3.05, 3.63) is 29.8 Å². The Morgan fingerprint density at radius 2 is 1.71 bits per heavy atom. The van der Waals surface area contributed by atoms with Crippen LogP contribution in [0.15, 0.2) is 24.3 Å². The SMILES string of the molecule is CCCCC(=O)N1CCN(C(=O)CN2CCOc3ccccc3C2)[C@H](C)[C@H]1C. The Morgan fingerprint density at radius 3 is 2.43 bits per heavy atom. The Hall–Kier alpha value is -2.08. The first-order valence-corrected chi connectivity index (χ1v) is 10.5. The van der Waals surface area contributed by atoms with Gasteiger partial charge < -0.3 is 14.5 Å². The predicted molar refractivity (Wildman–Crippen MR) is 109 cm³/mol. The average Bonchev–Trinajstić information content (AvgIpc) is 2.89. The second-order valence-corrected chi connectivity index (χ2v) is 7.93. The Bertz CT molecular complexity index is 693. The van der Waals surface area contributed by atoms with E-state index in [1.165, 1.54) is 0 Å². The minimum atomic E-state index is 0.0299. The summed E-state index contributed by atoms with van der Waals surface area (Å²) >= 11 is 0. The molecular formula is C22H33N3O3. The van der Waals surface area contributed by atoms with Crippen LogP contribution in [0.3, 0.4) is 0 Å². The summed E-state index contributed by atoms with van der Waals surface area (Å²) in [6, 6.07) is 8.11. The molecule has 2 atom stereocenters. The fourth-order valence-electron chi connectivity index (χ4n) is 4.12. The largest absolute Gasteiger partial charge is 0.492 e. The summed E-state index contributed by atoms with van der Waals surface area (Å²) in [6.45, 7) is 9.90. The Kier molecular flexibility index (Phi) is 6.94. The lowest BCUT2D eigenvalue weighted by molar-refractivity contribution is -0.147. The number of amides is 2. The maximum Gasteiger partial charge on any atom is 0.237 e. The van der Waals surface area contributed by atoms with Gasteiger partial charge in [0.2, 0.25) is 11.8 Å². The molecule has 1 fully saturated rings. The van der Waals surface area contributed by atoms with Crippen LogP contribution >= 0.6 is 0 Å². The van der Waals surface area contributed by atoms with Gasteiger partial charge in [-0.15, -0.1) is 0 Å². The molecule has 0 spiro atoms. The van der Waals surface area contributed by atoms with Crippen molar-refractivity contribution in [3.8, 4) is 5.75 Å². The van der Waals surface area contributed by atoms with Gasteiger partial charge in [0.1, 0.15) is 12.4 Å². The summed E-state index contributed by atoms with van der Waals surface area (Å²) in [5, 5.41) is 0. The zero-order chi connectivity index (χ0) is 20.1. The van der Waals surface area contributed by atoms with E-state index in [9.17, 15) is 9.59 Å². The number of unbranched alkanes of at least 4 members (excludes halogenated alkanes) is 1. The molecule has 3 rings (SSSR count). The van der Waals surface area contributed by atoms with Crippen LogP contribution in [0.1, 0.15) is 45.6 Å². The van der Waals surface area contributed by atoms with Crippen LogP contribution in [0, 0.1) is 0 Å². The minimum Gasteiger partial charge on any atom is -0.492 e. The van der Waals surface area contributed by atoms with E-state index in [1.54, 1.807) is 0 Å². The molecule has 28 heavy (non-hydrogen) atoms. The van der Waals surface area contributed by atoms with Gasteiger partial charge in [-0.1, -0.05) is 31.5 Å². The van der Waals surface area contributed by atoms with Gasteiger partial charge in [0, 0.05) is 50.2 Å². The molecule has 0 N–H and O–H groups in total. The zero-order valence-corrected chi connectivity index (χ0v) is 17.4. The van der Waals surface area contributed by atoms with E-state index in [0.29, 0.717) is 32.7 Å². The summed E-state index contributed by atoms with van der Waals surface area (Å²) in [4.78, 5) is 31.6. The highest BCUT2D eigenvalue weighted by atomic mass is 16.5. The van der Waals surface area contributed by atoms with E-state index in [0.717, 1.165) is 37.2 Å². The van der Waals surface area contributed by atoms with Gasteiger partial charge in [0.05, 0.1) is 6.54 Å². The number of benzene rings is 1. The van der Waals surface area contributed by atoms with Crippen LogP contribution in [0.4, 0.5) is 0 Å². The number of hydrogen-bond acceptors (Lipinski definition) is 4. The highest BCUT2D eigenvalue weighted by Gasteiger charge is 2.35. The van der Waals surface area contributed by atoms with E-state index >= 15 is 0 Å². The van der Waals surface area contributed by atoms with Crippen molar-refractivity contribution in [2.24, 2.45) is 0 Å².